The highest BCUT2D eigenvalue weighted by Crippen LogP contribution is 2.31. The van der Waals surface area contributed by atoms with Gasteiger partial charge in [-0.05, 0) is 25.8 Å². The van der Waals surface area contributed by atoms with Crippen molar-refractivity contribution < 1.29 is 0 Å². The maximum absolute atomic E-state index is 4.39. The van der Waals surface area contributed by atoms with Crippen molar-refractivity contribution in [2.24, 2.45) is 5.92 Å². The van der Waals surface area contributed by atoms with Crippen LogP contribution >= 0.6 is 0 Å². The van der Waals surface area contributed by atoms with Crippen LogP contribution in [-0.4, -0.2) is 21.1 Å². The van der Waals surface area contributed by atoms with Crippen LogP contribution in [0.5, 0.6) is 0 Å². The summed E-state index contributed by atoms with van der Waals surface area (Å²) in [5.74, 6) is 0.997. The molecule has 0 aliphatic heterocycles. The quantitative estimate of drug-likeness (QED) is 0.798. The SMILES string of the molecule is Cc1cc2ncc(CNCCC3CC3)cn2n1. The van der Waals surface area contributed by atoms with Gasteiger partial charge in [-0.25, -0.2) is 9.50 Å². The average Bonchev–Trinajstić information content (AvgIpc) is 3.05. The van der Waals surface area contributed by atoms with Crippen LogP contribution in [0.15, 0.2) is 18.5 Å². The Kier molecular flexibility index (Phi) is 2.81. The monoisotopic (exact) mass is 230 g/mol. The number of aryl methyl sites for hydroxylation is 1. The van der Waals surface area contributed by atoms with Gasteiger partial charge in [0.1, 0.15) is 0 Å². The van der Waals surface area contributed by atoms with E-state index in [4.69, 9.17) is 0 Å². The summed E-state index contributed by atoms with van der Waals surface area (Å²) < 4.78 is 1.85. The number of hydrogen-bond acceptors (Lipinski definition) is 3. The first-order valence-electron chi connectivity index (χ1n) is 6.33. The molecule has 4 heteroatoms. The van der Waals surface area contributed by atoms with E-state index in [1.165, 1.54) is 24.8 Å². The predicted molar refractivity (Wildman–Crippen MR) is 66.8 cm³/mol. The second-order valence-electron chi connectivity index (χ2n) is 4.96. The van der Waals surface area contributed by atoms with Crippen molar-refractivity contribution in [3.05, 3.63) is 29.7 Å². The van der Waals surface area contributed by atoms with Gasteiger partial charge in [0.25, 0.3) is 0 Å². The summed E-state index contributed by atoms with van der Waals surface area (Å²) in [4.78, 5) is 4.39. The number of rotatable bonds is 5. The Morgan fingerprint density at radius 1 is 1.47 bits per heavy atom. The topological polar surface area (TPSA) is 42.2 Å². The molecule has 1 fully saturated rings. The van der Waals surface area contributed by atoms with Crippen molar-refractivity contribution in [1.82, 2.24) is 19.9 Å². The summed E-state index contributed by atoms with van der Waals surface area (Å²) >= 11 is 0. The molecule has 0 bridgehead atoms. The molecule has 0 aromatic carbocycles. The van der Waals surface area contributed by atoms with Gasteiger partial charge in [-0.1, -0.05) is 12.8 Å². The summed E-state index contributed by atoms with van der Waals surface area (Å²) in [6, 6.07) is 1.99. The summed E-state index contributed by atoms with van der Waals surface area (Å²) in [6.45, 7) is 3.98. The molecule has 1 saturated carbocycles. The molecule has 17 heavy (non-hydrogen) atoms. The average molecular weight is 230 g/mol. The lowest BCUT2D eigenvalue weighted by atomic mass is 10.3. The molecule has 0 spiro atoms. The van der Waals surface area contributed by atoms with Crippen LogP contribution in [0, 0.1) is 12.8 Å². The maximum Gasteiger partial charge on any atom is 0.155 e. The zero-order valence-corrected chi connectivity index (χ0v) is 10.2. The molecule has 0 atom stereocenters. The number of nitrogens with zero attached hydrogens (tertiary/aromatic N) is 3. The molecule has 2 aromatic rings. The van der Waals surface area contributed by atoms with Gasteiger partial charge in [-0.2, -0.15) is 5.10 Å². The summed E-state index contributed by atoms with van der Waals surface area (Å²) in [5.41, 5.74) is 3.12. The molecule has 0 radical (unpaired) electrons. The van der Waals surface area contributed by atoms with Crippen LogP contribution in [0.25, 0.3) is 5.65 Å². The molecule has 3 rings (SSSR count). The fraction of sp³-hybridized carbons (Fsp3) is 0.538. The first kappa shape index (κ1) is 10.7. The van der Waals surface area contributed by atoms with Crippen LogP contribution in [0.2, 0.25) is 0 Å². The number of nitrogens with one attached hydrogen (secondary N) is 1. The van der Waals surface area contributed by atoms with E-state index in [1.54, 1.807) is 0 Å². The fourth-order valence-corrected chi connectivity index (χ4v) is 2.07. The van der Waals surface area contributed by atoms with Gasteiger partial charge in [0.2, 0.25) is 0 Å². The highest BCUT2D eigenvalue weighted by atomic mass is 15.2. The van der Waals surface area contributed by atoms with E-state index < -0.39 is 0 Å². The third-order valence-electron chi connectivity index (χ3n) is 3.24. The zero-order chi connectivity index (χ0) is 11.7. The standard InChI is InChI=1S/C13H18N4/c1-10-6-13-15-8-12(9-17(13)16-10)7-14-5-4-11-2-3-11/h6,8-9,11,14H,2-5,7H2,1H3. The first-order chi connectivity index (χ1) is 8.31. The van der Waals surface area contributed by atoms with Gasteiger partial charge < -0.3 is 5.32 Å². The molecule has 4 nitrogen and oxygen atoms in total. The Bertz CT molecular complexity index is 513. The van der Waals surface area contributed by atoms with E-state index in [0.717, 1.165) is 30.3 Å². The lowest BCUT2D eigenvalue weighted by molar-refractivity contribution is 0.610. The van der Waals surface area contributed by atoms with Gasteiger partial charge in [0.15, 0.2) is 5.65 Å². The molecule has 0 saturated heterocycles. The van der Waals surface area contributed by atoms with Crippen molar-refractivity contribution in [2.45, 2.75) is 32.7 Å². The molecular formula is C13H18N4. The first-order valence-corrected chi connectivity index (χ1v) is 6.33. The zero-order valence-electron chi connectivity index (χ0n) is 10.2. The summed E-state index contributed by atoms with van der Waals surface area (Å²) in [5, 5.41) is 7.83. The minimum atomic E-state index is 0.883. The minimum Gasteiger partial charge on any atom is -0.313 e. The van der Waals surface area contributed by atoms with Crippen molar-refractivity contribution in [2.75, 3.05) is 6.54 Å². The van der Waals surface area contributed by atoms with Crippen molar-refractivity contribution in [3.8, 4) is 0 Å². The second-order valence-corrected chi connectivity index (χ2v) is 4.96. The second kappa shape index (κ2) is 4.45. The third-order valence-corrected chi connectivity index (χ3v) is 3.24. The molecule has 90 valence electrons. The third kappa shape index (κ3) is 2.64. The lowest BCUT2D eigenvalue weighted by Crippen LogP contribution is -2.15. The van der Waals surface area contributed by atoms with Gasteiger partial charge in [0.05, 0.1) is 5.69 Å². The van der Waals surface area contributed by atoms with Gasteiger partial charge in [0, 0.05) is 30.6 Å². The van der Waals surface area contributed by atoms with Crippen molar-refractivity contribution in [1.29, 1.82) is 0 Å². The Hall–Kier alpha value is -1.42. The molecule has 0 amide bonds. The Balaban J connectivity index is 1.59. The Morgan fingerprint density at radius 2 is 2.35 bits per heavy atom. The normalized spacial score (nSPS) is 15.6. The summed E-state index contributed by atoms with van der Waals surface area (Å²) in [7, 11) is 0. The van der Waals surface area contributed by atoms with E-state index in [9.17, 15) is 0 Å². The van der Waals surface area contributed by atoms with Crippen LogP contribution in [0.4, 0.5) is 0 Å². The smallest absolute Gasteiger partial charge is 0.155 e. The van der Waals surface area contributed by atoms with Gasteiger partial charge in [-0.3, -0.25) is 0 Å². The molecular weight excluding hydrogens is 212 g/mol. The highest BCUT2D eigenvalue weighted by molar-refractivity contribution is 5.38. The molecule has 1 N–H and O–H groups in total. The lowest BCUT2D eigenvalue weighted by Gasteiger charge is -2.04. The van der Waals surface area contributed by atoms with Gasteiger partial charge in [-0.15, -0.1) is 0 Å². The van der Waals surface area contributed by atoms with E-state index in [-0.39, 0.29) is 0 Å². The Labute approximate surface area is 101 Å². The predicted octanol–water partition coefficient (Wildman–Crippen LogP) is 1.93. The van der Waals surface area contributed by atoms with Crippen LogP contribution in [0.1, 0.15) is 30.5 Å². The number of hydrogen-bond donors (Lipinski definition) is 1. The van der Waals surface area contributed by atoms with Crippen molar-refractivity contribution >= 4 is 5.65 Å². The largest absolute Gasteiger partial charge is 0.313 e. The maximum atomic E-state index is 4.39. The van der Waals surface area contributed by atoms with E-state index in [0.29, 0.717) is 0 Å². The molecule has 0 unspecified atom stereocenters. The Morgan fingerprint density at radius 3 is 3.18 bits per heavy atom. The molecule has 2 heterocycles. The fourth-order valence-electron chi connectivity index (χ4n) is 2.07. The van der Waals surface area contributed by atoms with Crippen LogP contribution in [0.3, 0.4) is 0 Å². The molecule has 1 aliphatic carbocycles. The van der Waals surface area contributed by atoms with Crippen LogP contribution in [-0.2, 0) is 6.54 Å². The van der Waals surface area contributed by atoms with Gasteiger partial charge >= 0.3 is 0 Å². The molecule has 2 aromatic heterocycles. The summed E-state index contributed by atoms with van der Waals surface area (Å²) in [6.07, 6.45) is 8.17. The van der Waals surface area contributed by atoms with Crippen molar-refractivity contribution in [3.63, 3.8) is 0 Å². The number of aromatic nitrogens is 3. The van der Waals surface area contributed by atoms with E-state index in [1.807, 2.05) is 23.7 Å². The minimum absolute atomic E-state index is 0.883. The molecule has 1 aliphatic rings. The van der Waals surface area contributed by atoms with E-state index >= 15 is 0 Å². The van der Waals surface area contributed by atoms with E-state index in [2.05, 4.69) is 21.6 Å². The highest BCUT2D eigenvalue weighted by Gasteiger charge is 2.19. The number of fused-ring (bicyclic) bond motifs is 1. The van der Waals surface area contributed by atoms with Crippen LogP contribution < -0.4 is 5.32 Å².